The minimum Gasteiger partial charge on any atom is -0.497 e. The van der Waals surface area contributed by atoms with Crippen molar-refractivity contribution in [1.82, 2.24) is 9.13 Å². The number of carbonyl (C=O) groups is 1. The Morgan fingerprint density at radius 1 is 1.16 bits per heavy atom. The van der Waals surface area contributed by atoms with Crippen LogP contribution in [0.1, 0.15) is 24.1 Å². The standard InChI is InChI=1S/C29H27N3O5S/c1-6-13-31-16-18(20-9-7-8-10-22(20)31)14-24-27(33)32-26(21-15-19(35-3)11-12-23(21)36-4)25(28(34)37-5)17(2)30-29(32)38-24/h6-12,14-16,26H,1,13H2,2-5H3/b24-14-. The lowest BCUT2D eigenvalue weighted by Gasteiger charge is -2.26. The van der Waals surface area contributed by atoms with Gasteiger partial charge in [-0.3, -0.25) is 9.36 Å². The summed E-state index contributed by atoms with van der Waals surface area (Å²) in [7, 11) is 4.41. The van der Waals surface area contributed by atoms with Crippen LogP contribution in [0.3, 0.4) is 0 Å². The lowest BCUT2D eigenvalue weighted by molar-refractivity contribution is -0.136. The fourth-order valence-electron chi connectivity index (χ4n) is 4.86. The highest BCUT2D eigenvalue weighted by Crippen LogP contribution is 2.37. The third-order valence-corrected chi connectivity index (χ3v) is 7.57. The molecule has 4 aromatic rings. The highest BCUT2D eigenvalue weighted by atomic mass is 32.1. The molecular weight excluding hydrogens is 502 g/mol. The van der Waals surface area contributed by atoms with E-state index in [4.69, 9.17) is 14.2 Å². The maximum Gasteiger partial charge on any atom is 0.338 e. The molecular formula is C29H27N3O5S. The van der Waals surface area contributed by atoms with Crippen LogP contribution in [0.25, 0.3) is 17.0 Å². The number of carbonyl (C=O) groups excluding carboxylic acids is 1. The van der Waals surface area contributed by atoms with Gasteiger partial charge in [0.15, 0.2) is 4.80 Å². The molecule has 2 aromatic carbocycles. The average molecular weight is 530 g/mol. The van der Waals surface area contributed by atoms with E-state index < -0.39 is 12.0 Å². The van der Waals surface area contributed by atoms with Crippen molar-refractivity contribution in [2.24, 2.45) is 4.99 Å². The van der Waals surface area contributed by atoms with E-state index in [0.29, 0.717) is 38.6 Å². The van der Waals surface area contributed by atoms with Gasteiger partial charge >= 0.3 is 5.97 Å². The van der Waals surface area contributed by atoms with Crippen LogP contribution in [0.4, 0.5) is 0 Å². The summed E-state index contributed by atoms with van der Waals surface area (Å²) in [5.41, 5.74) is 3.03. The van der Waals surface area contributed by atoms with Crippen molar-refractivity contribution in [3.63, 3.8) is 0 Å². The van der Waals surface area contributed by atoms with Gasteiger partial charge in [-0.05, 0) is 37.3 Å². The summed E-state index contributed by atoms with van der Waals surface area (Å²) >= 11 is 1.28. The number of rotatable bonds is 7. The van der Waals surface area contributed by atoms with Gasteiger partial charge in [-0.15, -0.1) is 6.58 Å². The van der Waals surface area contributed by atoms with Crippen LogP contribution in [0, 0.1) is 0 Å². The lowest BCUT2D eigenvalue weighted by atomic mass is 9.95. The average Bonchev–Trinajstić information content (AvgIpc) is 3.43. The molecule has 0 saturated carbocycles. The number of hydrogen-bond acceptors (Lipinski definition) is 7. The van der Waals surface area contributed by atoms with Crippen LogP contribution >= 0.6 is 11.3 Å². The van der Waals surface area contributed by atoms with E-state index in [1.54, 1.807) is 39.3 Å². The van der Waals surface area contributed by atoms with Crippen LogP contribution < -0.4 is 24.4 Å². The summed E-state index contributed by atoms with van der Waals surface area (Å²) < 4.78 is 20.3. The third-order valence-electron chi connectivity index (χ3n) is 6.59. The smallest absolute Gasteiger partial charge is 0.338 e. The van der Waals surface area contributed by atoms with Gasteiger partial charge in [0, 0.05) is 34.8 Å². The van der Waals surface area contributed by atoms with Crippen LogP contribution in [0.15, 0.2) is 82.4 Å². The molecule has 8 nitrogen and oxygen atoms in total. The SMILES string of the molecule is C=CCn1cc(/C=c2\sc3n(c2=O)C(c2cc(OC)ccc2OC)C(C(=O)OC)=C(C)N=3)c2ccccc21. The Kier molecular flexibility index (Phi) is 6.77. The molecule has 1 aliphatic heterocycles. The minimum absolute atomic E-state index is 0.264. The Morgan fingerprint density at radius 2 is 1.95 bits per heavy atom. The normalized spacial score (nSPS) is 15.3. The number of fused-ring (bicyclic) bond motifs is 2. The molecule has 0 fully saturated rings. The lowest BCUT2D eigenvalue weighted by Crippen LogP contribution is -2.40. The number of benzene rings is 2. The fraction of sp³-hybridized carbons (Fsp3) is 0.207. The number of aromatic nitrogens is 2. The van der Waals surface area contributed by atoms with Crippen LogP contribution in [-0.4, -0.2) is 36.4 Å². The Labute approximate surface area is 223 Å². The zero-order valence-electron chi connectivity index (χ0n) is 21.6. The molecule has 2 aromatic heterocycles. The monoisotopic (exact) mass is 529 g/mol. The molecule has 0 amide bonds. The van der Waals surface area contributed by atoms with Crippen molar-refractivity contribution in [2.45, 2.75) is 19.5 Å². The maximum absolute atomic E-state index is 14.0. The van der Waals surface area contributed by atoms with Gasteiger partial charge in [-0.1, -0.05) is 35.6 Å². The number of hydrogen-bond donors (Lipinski definition) is 0. The maximum atomic E-state index is 14.0. The van der Waals surface area contributed by atoms with Gasteiger partial charge in [0.05, 0.1) is 37.1 Å². The molecule has 38 heavy (non-hydrogen) atoms. The molecule has 194 valence electrons. The first-order chi connectivity index (χ1) is 18.4. The topological polar surface area (TPSA) is 84.0 Å². The molecule has 9 heteroatoms. The largest absolute Gasteiger partial charge is 0.497 e. The molecule has 1 atom stereocenters. The molecule has 0 N–H and O–H groups in total. The van der Waals surface area contributed by atoms with Gasteiger partial charge in [-0.2, -0.15) is 0 Å². The number of para-hydroxylation sites is 1. The Hall–Kier alpha value is -4.37. The third kappa shape index (κ3) is 4.14. The minimum atomic E-state index is -0.812. The van der Waals surface area contributed by atoms with Gasteiger partial charge in [0.25, 0.3) is 5.56 Å². The van der Waals surface area contributed by atoms with Gasteiger partial charge < -0.3 is 18.8 Å². The van der Waals surface area contributed by atoms with Crippen molar-refractivity contribution >= 4 is 34.3 Å². The molecule has 0 spiro atoms. The zero-order chi connectivity index (χ0) is 27.0. The van der Waals surface area contributed by atoms with Crippen molar-refractivity contribution in [1.29, 1.82) is 0 Å². The number of nitrogens with zero attached hydrogens (tertiary/aromatic N) is 3. The molecule has 1 aliphatic rings. The number of esters is 1. The summed E-state index contributed by atoms with van der Waals surface area (Å²) in [5, 5.41) is 1.03. The number of allylic oxidation sites excluding steroid dienone is 2. The second-order valence-electron chi connectivity index (χ2n) is 8.72. The first kappa shape index (κ1) is 25.3. The van der Waals surface area contributed by atoms with Gasteiger partial charge in [0.2, 0.25) is 0 Å². The van der Waals surface area contributed by atoms with Crippen molar-refractivity contribution < 1.29 is 19.0 Å². The summed E-state index contributed by atoms with van der Waals surface area (Å²) in [6.07, 6.45) is 5.73. The molecule has 0 aliphatic carbocycles. The number of thiazole rings is 1. The van der Waals surface area contributed by atoms with E-state index >= 15 is 0 Å². The van der Waals surface area contributed by atoms with E-state index in [2.05, 4.69) is 16.1 Å². The van der Waals surface area contributed by atoms with Crippen LogP contribution in [0.2, 0.25) is 0 Å². The Morgan fingerprint density at radius 3 is 2.66 bits per heavy atom. The molecule has 1 unspecified atom stereocenters. The molecule has 3 heterocycles. The molecule has 0 bridgehead atoms. The van der Waals surface area contributed by atoms with Crippen LogP contribution in [-0.2, 0) is 16.1 Å². The van der Waals surface area contributed by atoms with E-state index in [9.17, 15) is 9.59 Å². The zero-order valence-corrected chi connectivity index (χ0v) is 22.4. The van der Waals surface area contributed by atoms with E-state index in [-0.39, 0.29) is 11.1 Å². The summed E-state index contributed by atoms with van der Waals surface area (Å²) in [6.45, 7) is 6.24. The van der Waals surface area contributed by atoms with E-state index in [1.807, 2.05) is 42.6 Å². The molecule has 5 rings (SSSR count). The van der Waals surface area contributed by atoms with E-state index in [1.165, 1.54) is 23.0 Å². The first-order valence-corrected chi connectivity index (χ1v) is 12.7. The highest BCUT2D eigenvalue weighted by Gasteiger charge is 2.35. The summed E-state index contributed by atoms with van der Waals surface area (Å²) in [5.74, 6) is 0.508. The second-order valence-corrected chi connectivity index (χ2v) is 9.73. The van der Waals surface area contributed by atoms with E-state index in [0.717, 1.165) is 16.5 Å². The highest BCUT2D eigenvalue weighted by molar-refractivity contribution is 7.07. The van der Waals surface area contributed by atoms with Gasteiger partial charge in [0.1, 0.15) is 17.5 Å². The van der Waals surface area contributed by atoms with Crippen molar-refractivity contribution in [2.75, 3.05) is 21.3 Å². The van der Waals surface area contributed by atoms with Gasteiger partial charge in [-0.25, -0.2) is 9.79 Å². The van der Waals surface area contributed by atoms with Crippen LogP contribution in [0.5, 0.6) is 11.5 Å². The van der Waals surface area contributed by atoms with Crippen molar-refractivity contribution in [3.8, 4) is 11.5 Å². The molecule has 0 saturated heterocycles. The Bertz CT molecular complexity index is 1790. The quantitative estimate of drug-likeness (QED) is 0.270. The summed E-state index contributed by atoms with van der Waals surface area (Å²) in [4.78, 5) is 32.1. The predicted molar refractivity (Wildman–Crippen MR) is 147 cm³/mol. The number of methoxy groups -OCH3 is 3. The molecule has 0 radical (unpaired) electrons. The summed E-state index contributed by atoms with van der Waals surface area (Å²) in [6, 6.07) is 12.5. The first-order valence-electron chi connectivity index (χ1n) is 11.9. The fourth-order valence-corrected chi connectivity index (χ4v) is 5.90. The Balaban J connectivity index is 1.79. The second kappa shape index (κ2) is 10.2. The van der Waals surface area contributed by atoms with Crippen molar-refractivity contribution in [3.05, 3.63) is 103 Å². The predicted octanol–water partition coefficient (Wildman–Crippen LogP) is 3.57. The number of ether oxygens (including phenoxy) is 3.